The van der Waals surface area contributed by atoms with Crippen LogP contribution in [0.25, 0.3) is 22.3 Å². The van der Waals surface area contributed by atoms with E-state index in [9.17, 15) is 21.6 Å². The van der Waals surface area contributed by atoms with Gasteiger partial charge in [-0.25, -0.2) is 23.4 Å². The topological polar surface area (TPSA) is 101 Å². The Morgan fingerprint density at radius 1 is 1.05 bits per heavy atom. The van der Waals surface area contributed by atoms with Crippen molar-refractivity contribution in [3.63, 3.8) is 0 Å². The lowest BCUT2D eigenvalue weighted by Crippen LogP contribution is -2.36. The number of anilines is 1. The van der Waals surface area contributed by atoms with Gasteiger partial charge in [-0.15, -0.1) is 0 Å². The Bertz CT molecular complexity index is 1400. The first-order valence-corrected chi connectivity index (χ1v) is 14.4. The summed E-state index contributed by atoms with van der Waals surface area (Å²) in [5.74, 6) is -0.926. The highest BCUT2D eigenvalue weighted by atomic mass is 32.2. The van der Waals surface area contributed by atoms with Crippen LogP contribution in [0.1, 0.15) is 49.1 Å². The maximum absolute atomic E-state index is 12.4. The summed E-state index contributed by atoms with van der Waals surface area (Å²) in [6.45, 7) is 3.66. The number of aromatic nitrogens is 4. The molecule has 1 aliphatic rings. The van der Waals surface area contributed by atoms with E-state index in [2.05, 4.69) is 34.3 Å². The van der Waals surface area contributed by atoms with E-state index >= 15 is 0 Å². The zero-order valence-corrected chi connectivity index (χ0v) is 22.8. The minimum absolute atomic E-state index is 0.199. The second-order valence-corrected chi connectivity index (χ2v) is 12.4. The maximum atomic E-state index is 12.4. The Kier molecular flexibility index (Phi) is 8.22. The van der Waals surface area contributed by atoms with Crippen LogP contribution < -0.4 is 5.32 Å². The normalized spacial score (nSPS) is 18.7. The number of aryl methyl sites for hydroxylation is 2. The van der Waals surface area contributed by atoms with Gasteiger partial charge in [-0.1, -0.05) is 0 Å². The second-order valence-electron chi connectivity index (χ2n) is 10.3. The van der Waals surface area contributed by atoms with Gasteiger partial charge in [0.15, 0.2) is 9.84 Å². The number of nitrogens with zero attached hydrogens (tertiary/aromatic N) is 5. The Hall–Kier alpha value is -2.86. The van der Waals surface area contributed by atoms with Gasteiger partial charge in [-0.2, -0.15) is 13.2 Å². The van der Waals surface area contributed by atoms with Gasteiger partial charge in [0.25, 0.3) is 0 Å². The molecule has 3 aromatic heterocycles. The zero-order valence-electron chi connectivity index (χ0n) is 22.0. The van der Waals surface area contributed by atoms with Gasteiger partial charge in [0.1, 0.15) is 5.52 Å². The van der Waals surface area contributed by atoms with Crippen LogP contribution in [0.3, 0.4) is 0 Å². The van der Waals surface area contributed by atoms with Crippen LogP contribution in [-0.2, 0) is 15.6 Å². The van der Waals surface area contributed by atoms with E-state index in [1.165, 1.54) is 6.07 Å². The van der Waals surface area contributed by atoms with E-state index in [4.69, 9.17) is 9.97 Å². The third-order valence-corrected chi connectivity index (χ3v) is 8.54. The minimum Gasteiger partial charge on any atom is -0.351 e. The molecule has 3 heterocycles. The molecular weight excluding hydrogens is 517 g/mol. The molecule has 0 unspecified atom stereocenters. The first-order chi connectivity index (χ1) is 17.8. The van der Waals surface area contributed by atoms with Gasteiger partial charge in [0.2, 0.25) is 5.95 Å². The highest BCUT2D eigenvalue weighted by Gasteiger charge is 2.30. The van der Waals surface area contributed by atoms with Crippen molar-refractivity contribution in [3.05, 3.63) is 41.3 Å². The Morgan fingerprint density at radius 2 is 1.76 bits per heavy atom. The summed E-state index contributed by atoms with van der Waals surface area (Å²) < 4.78 is 61.6. The summed E-state index contributed by atoms with van der Waals surface area (Å²) in [5, 5.41) is 3.47. The summed E-state index contributed by atoms with van der Waals surface area (Å²) in [5.41, 5.74) is 4.34. The first kappa shape index (κ1) is 28.2. The van der Waals surface area contributed by atoms with E-state index in [0.717, 1.165) is 36.8 Å². The average Bonchev–Trinajstić information content (AvgIpc) is 2.83. The number of alkyl halides is 3. The monoisotopic (exact) mass is 550 g/mol. The van der Waals surface area contributed by atoms with Crippen molar-refractivity contribution in [2.24, 2.45) is 0 Å². The first-order valence-electron chi connectivity index (χ1n) is 12.6. The summed E-state index contributed by atoms with van der Waals surface area (Å²) in [6, 6.07) is 6.06. The van der Waals surface area contributed by atoms with Crippen molar-refractivity contribution in [1.29, 1.82) is 0 Å². The molecule has 1 aliphatic carbocycles. The fourth-order valence-electron chi connectivity index (χ4n) is 4.84. The Balaban J connectivity index is 1.49. The van der Waals surface area contributed by atoms with E-state index in [1.54, 1.807) is 19.2 Å². The van der Waals surface area contributed by atoms with Crippen molar-refractivity contribution in [2.75, 3.05) is 25.2 Å². The average molecular weight is 551 g/mol. The van der Waals surface area contributed by atoms with E-state index in [1.807, 2.05) is 13.0 Å². The van der Waals surface area contributed by atoms with Crippen LogP contribution >= 0.6 is 0 Å². The number of fused-ring (bicyclic) bond motifs is 1. The summed E-state index contributed by atoms with van der Waals surface area (Å²) in [6.07, 6.45) is 0.187. The number of hydrogen-bond donors (Lipinski definition) is 1. The fraction of sp³-hybridized carbons (Fsp3) is 0.538. The summed E-state index contributed by atoms with van der Waals surface area (Å²) in [7, 11) is 0.296. The lowest BCUT2D eigenvalue weighted by Gasteiger charge is -2.32. The van der Waals surface area contributed by atoms with Crippen LogP contribution in [0.15, 0.2) is 24.4 Å². The number of pyridine rings is 2. The van der Waals surface area contributed by atoms with Crippen molar-refractivity contribution >= 4 is 26.8 Å². The molecule has 0 radical (unpaired) electrons. The third kappa shape index (κ3) is 7.16. The van der Waals surface area contributed by atoms with Crippen LogP contribution in [0.2, 0.25) is 0 Å². The number of sulfone groups is 1. The molecule has 8 nitrogen and oxygen atoms in total. The predicted octanol–water partition coefficient (Wildman–Crippen LogP) is 4.86. The van der Waals surface area contributed by atoms with E-state index < -0.39 is 33.9 Å². The molecule has 1 N–H and O–H groups in total. The van der Waals surface area contributed by atoms with Gasteiger partial charge in [-0.3, -0.25) is 4.98 Å². The third-order valence-electron chi connectivity index (χ3n) is 6.98. The number of rotatable bonds is 8. The molecule has 0 aliphatic heterocycles. The molecular formula is C26H33F3N6O2S. The molecule has 0 aromatic carbocycles. The van der Waals surface area contributed by atoms with Crippen molar-refractivity contribution in [1.82, 2.24) is 24.8 Å². The molecule has 1 fully saturated rings. The standard InChI is InChI=1S/C26H33F3N6O2S/c1-16-13-22(21-10-7-19(31-17(21)2)15-38(36,37)12-11-26(27,28)29)33-23-14-30-25(34-24(16)23)32-18-5-8-20(9-6-18)35(3)4/h7,10,13-14,18,20H,5-6,8-9,11-12,15H2,1-4H3,(H,30,32,34). The molecule has 1 saturated carbocycles. The quantitative estimate of drug-likeness (QED) is 0.425. The lowest BCUT2D eigenvalue weighted by atomic mass is 9.91. The molecule has 38 heavy (non-hydrogen) atoms. The van der Waals surface area contributed by atoms with Crippen LogP contribution in [0, 0.1) is 13.8 Å². The van der Waals surface area contributed by atoms with Gasteiger partial charge in [0, 0.05) is 23.3 Å². The molecule has 0 amide bonds. The molecule has 0 spiro atoms. The molecule has 4 rings (SSSR count). The zero-order chi connectivity index (χ0) is 27.7. The van der Waals surface area contributed by atoms with E-state index in [-0.39, 0.29) is 5.69 Å². The molecule has 12 heteroatoms. The second kappa shape index (κ2) is 11.1. The van der Waals surface area contributed by atoms with Crippen molar-refractivity contribution in [3.8, 4) is 11.3 Å². The Labute approximate surface area is 221 Å². The largest absolute Gasteiger partial charge is 0.390 e. The van der Waals surface area contributed by atoms with E-state index in [0.29, 0.717) is 40.5 Å². The smallest absolute Gasteiger partial charge is 0.351 e. The molecule has 0 saturated heterocycles. The fourth-order valence-corrected chi connectivity index (χ4v) is 6.14. The van der Waals surface area contributed by atoms with Crippen LogP contribution in [0.5, 0.6) is 0 Å². The minimum atomic E-state index is -4.52. The Morgan fingerprint density at radius 3 is 2.39 bits per heavy atom. The predicted molar refractivity (Wildman–Crippen MR) is 142 cm³/mol. The van der Waals surface area contributed by atoms with Gasteiger partial charge in [0.05, 0.1) is 41.0 Å². The number of hydrogen-bond acceptors (Lipinski definition) is 8. The molecule has 206 valence electrons. The molecule has 0 bridgehead atoms. The SMILES string of the molecule is Cc1nc(CS(=O)(=O)CCC(F)(F)F)ccc1-c1cc(C)c2nc(NC3CCC(N(C)C)CC3)ncc2n1. The van der Waals surface area contributed by atoms with Gasteiger partial charge >= 0.3 is 6.18 Å². The van der Waals surface area contributed by atoms with Crippen molar-refractivity contribution < 1.29 is 21.6 Å². The highest BCUT2D eigenvalue weighted by Crippen LogP contribution is 2.28. The molecule has 3 aromatic rings. The number of nitrogens with one attached hydrogen (secondary N) is 1. The lowest BCUT2D eigenvalue weighted by molar-refractivity contribution is -0.129. The van der Waals surface area contributed by atoms with Gasteiger partial charge in [-0.05, 0) is 77.4 Å². The number of halogens is 3. The van der Waals surface area contributed by atoms with Crippen molar-refractivity contribution in [2.45, 2.75) is 70.0 Å². The van der Waals surface area contributed by atoms with Crippen LogP contribution in [0.4, 0.5) is 19.1 Å². The maximum Gasteiger partial charge on any atom is 0.390 e. The molecule has 0 atom stereocenters. The van der Waals surface area contributed by atoms with Crippen LogP contribution in [-0.4, -0.2) is 71.4 Å². The summed E-state index contributed by atoms with van der Waals surface area (Å²) in [4.78, 5) is 20.5. The van der Waals surface area contributed by atoms with Gasteiger partial charge < -0.3 is 10.2 Å². The summed E-state index contributed by atoms with van der Waals surface area (Å²) >= 11 is 0. The highest BCUT2D eigenvalue weighted by molar-refractivity contribution is 7.90.